The summed E-state index contributed by atoms with van der Waals surface area (Å²) in [6.45, 7) is 4.96. The number of likely N-dealkylation sites (N-methyl/N-ethyl adjacent to an activating group) is 1. The molecule has 0 aliphatic rings. The Kier molecular flexibility index (Phi) is 60.7. The minimum Gasteiger partial charge on any atom is -0.391 e. The van der Waals surface area contributed by atoms with Crippen LogP contribution in [0, 0.1) is 0 Å². The lowest BCUT2D eigenvalue weighted by atomic mass is 10.0. The highest BCUT2D eigenvalue weighted by Crippen LogP contribution is 2.43. The van der Waals surface area contributed by atoms with E-state index in [0.717, 1.165) is 38.5 Å². The average Bonchev–Trinajstić information content (AvgIpc) is 3.40. The largest absolute Gasteiger partial charge is 0.472 e. The monoisotopic (exact) mass is 1130 g/mol. The molecule has 78 heavy (non-hydrogen) atoms. The second kappa shape index (κ2) is 61.1. The summed E-state index contributed by atoms with van der Waals surface area (Å²) < 4.78 is 23.9. The van der Waals surface area contributed by atoms with Crippen molar-refractivity contribution in [1.82, 2.24) is 5.32 Å². The van der Waals surface area contributed by atoms with E-state index in [0.29, 0.717) is 23.9 Å². The lowest BCUT2D eigenvalue weighted by molar-refractivity contribution is -0.870. The van der Waals surface area contributed by atoms with Gasteiger partial charge in [0.05, 0.1) is 39.9 Å². The van der Waals surface area contributed by atoms with E-state index in [2.05, 4.69) is 19.2 Å². The molecule has 468 valence electrons. The molecule has 3 atom stereocenters. The lowest BCUT2D eigenvalue weighted by Crippen LogP contribution is -2.46. The number of phosphoric ester groups is 1. The number of amides is 1. The summed E-state index contributed by atoms with van der Waals surface area (Å²) in [7, 11) is 1.64. The smallest absolute Gasteiger partial charge is 0.391 e. The van der Waals surface area contributed by atoms with Crippen LogP contribution in [0.2, 0.25) is 0 Å². The summed E-state index contributed by atoms with van der Waals surface area (Å²) in [5, 5.41) is 14.1. The number of aliphatic hydroxyl groups is 1. The minimum atomic E-state index is -4.32. The van der Waals surface area contributed by atoms with Gasteiger partial charge in [-0.25, -0.2) is 4.57 Å². The van der Waals surface area contributed by atoms with Crippen molar-refractivity contribution in [1.29, 1.82) is 0 Å². The first-order chi connectivity index (χ1) is 38.0. The van der Waals surface area contributed by atoms with Gasteiger partial charge < -0.3 is 19.8 Å². The van der Waals surface area contributed by atoms with Crippen molar-refractivity contribution < 1.29 is 32.9 Å². The molecule has 1 amide bonds. The summed E-state index contributed by atoms with van der Waals surface area (Å²) >= 11 is 0. The van der Waals surface area contributed by atoms with Gasteiger partial charge >= 0.3 is 7.82 Å². The van der Waals surface area contributed by atoms with Crippen molar-refractivity contribution in [3.05, 3.63) is 0 Å². The fraction of sp³-hybridized carbons (Fsp3) is 0.986. The van der Waals surface area contributed by atoms with E-state index < -0.39 is 20.0 Å². The number of rotatable bonds is 67. The van der Waals surface area contributed by atoms with Gasteiger partial charge in [0, 0.05) is 6.42 Å². The van der Waals surface area contributed by atoms with Crippen LogP contribution in [-0.2, 0) is 18.4 Å². The van der Waals surface area contributed by atoms with Crippen LogP contribution in [0.3, 0.4) is 0 Å². The summed E-state index contributed by atoms with van der Waals surface area (Å²) in [5.74, 6) is -0.134. The van der Waals surface area contributed by atoms with E-state index in [9.17, 15) is 19.4 Å². The number of quaternary nitrogens is 1. The van der Waals surface area contributed by atoms with E-state index in [-0.39, 0.29) is 19.1 Å². The second-order valence-electron chi connectivity index (χ2n) is 26.0. The van der Waals surface area contributed by atoms with Gasteiger partial charge in [-0.15, -0.1) is 0 Å². The maximum Gasteiger partial charge on any atom is 0.472 e. The van der Waals surface area contributed by atoms with Gasteiger partial charge in [0.25, 0.3) is 0 Å². The molecule has 0 aliphatic heterocycles. The quantitative estimate of drug-likeness (QED) is 0.0318. The summed E-state index contributed by atoms with van der Waals surface area (Å²) in [4.78, 5) is 23.4. The number of nitrogens with one attached hydrogen (secondary N) is 1. The predicted molar refractivity (Wildman–Crippen MR) is 342 cm³/mol. The van der Waals surface area contributed by atoms with Crippen LogP contribution >= 0.6 is 7.82 Å². The summed E-state index contributed by atoms with van der Waals surface area (Å²) in [5.41, 5.74) is 0. The Balaban J connectivity index is 3.83. The second-order valence-corrected chi connectivity index (χ2v) is 27.4. The molecule has 0 radical (unpaired) electrons. The zero-order valence-electron chi connectivity index (χ0n) is 53.7. The van der Waals surface area contributed by atoms with Gasteiger partial charge in [-0.05, 0) is 12.8 Å². The topological polar surface area (TPSA) is 105 Å². The van der Waals surface area contributed by atoms with E-state index in [1.807, 2.05) is 21.1 Å². The number of unbranched alkanes of at least 4 members (excludes halogenated alkanes) is 54. The molecule has 0 aromatic carbocycles. The summed E-state index contributed by atoms with van der Waals surface area (Å²) in [6.07, 6.45) is 76.6. The predicted octanol–water partition coefficient (Wildman–Crippen LogP) is 22.3. The highest BCUT2D eigenvalue weighted by atomic mass is 31.2. The highest BCUT2D eigenvalue weighted by molar-refractivity contribution is 7.47. The molecular weight excluding hydrogens is 984 g/mol. The van der Waals surface area contributed by atoms with Crippen molar-refractivity contribution >= 4 is 13.7 Å². The Labute approximate surface area is 489 Å². The van der Waals surface area contributed by atoms with Crippen molar-refractivity contribution in [2.24, 2.45) is 0 Å². The maximum absolute atomic E-state index is 13.0. The zero-order chi connectivity index (χ0) is 57.0. The van der Waals surface area contributed by atoms with E-state index >= 15 is 0 Å². The fourth-order valence-electron chi connectivity index (χ4n) is 11.3. The van der Waals surface area contributed by atoms with Crippen molar-refractivity contribution in [2.45, 2.75) is 398 Å². The lowest BCUT2D eigenvalue weighted by Gasteiger charge is -2.26. The third-order valence-electron chi connectivity index (χ3n) is 16.9. The van der Waals surface area contributed by atoms with E-state index in [1.54, 1.807) is 0 Å². The van der Waals surface area contributed by atoms with Gasteiger partial charge in [0.2, 0.25) is 5.91 Å². The summed E-state index contributed by atoms with van der Waals surface area (Å²) in [6, 6.07) is -0.756. The van der Waals surface area contributed by atoms with E-state index in [4.69, 9.17) is 9.05 Å². The van der Waals surface area contributed by atoms with Crippen LogP contribution in [0.15, 0.2) is 0 Å². The molecular formula is C69H142N2O6P+. The van der Waals surface area contributed by atoms with Gasteiger partial charge in [-0.2, -0.15) is 0 Å². The molecule has 0 rings (SSSR count). The maximum atomic E-state index is 13.0. The Morgan fingerprint density at radius 1 is 0.385 bits per heavy atom. The van der Waals surface area contributed by atoms with E-state index in [1.165, 1.54) is 321 Å². The molecule has 0 heterocycles. The van der Waals surface area contributed by atoms with Crippen molar-refractivity contribution in [3.63, 3.8) is 0 Å². The third kappa shape index (κ3) is 63.1. The van der Waals surface area contributed by atoms with Gasteiger partial charge in [0.15, 0.2) is 0 Å². The molecule has 0 saturated carbocycles. The molecule has 8 nitrogen and oxygen atoms in total. The third-order valence-corrected chi connectivity index (χ3v) is 17.8. The first-order valence-electron chi connectivity index (χ1n) is 35.4. The van der Waals surface area contributed by atoms with Crippen LogP contribution in [0.25, 0.3) is 0 Å². The van der Waals surface area contributed by atoms with Crippen molar-refractivity contribution in [3.8, 4) is 0 Å². The normalized spacial score (nSPS) is 13.6. The van der Waals surface area contributed by atoms with Gasteiger partial charge in [0.1, 0.15) is 13.2 Å². The molecule has 0 fully saturated rings. The Bertz CT molecular complexity index is 1230. The van der Waals surface area contributed by atoms with Crippen molar-refractivity contribution in [2.75, 3.05) is 40.9 Å². The molecule has 0 saturated heterocycles. The molecule has 3 unspecified atom stereocenters. The fourth-order valence-corrected chi connectivity index (χ4v) is 12.1. The minimum absolute atomic E-state index is 0.0793. The molecule has 0 aromatic rings. The van der Waals surface area contributed by atoms with Crippen LogP contribution in [-0.4, -0.2) is 73.4 Å². The average molecular weight is 1130 g/mol. The Hall–Kier alpha value is -0.500. The first-order valence-corrected chi connectivity index (χ1v) is 36.9. The number of phosphoric acid groups is 1. The molecule has 0 aromatic heterocycles. The first kappa shape index (κ1) is 77.5. The molecule has 0 aliphatic carbocycles. The number of carbonyl (C=O) groups is 1. The van der Waals surface area contributed by atoms with Crippen LogP contribution < -0.4 is 5.32 Å². The van der Waals surface area contributed by atoms with Crippen LogP contribution in [0.5, 0.6) is 0 Å². The Morgan fingerprint density at radius 3 is 0.859 bits per heavy atom. The number of hydrogen-bond acceptors (Lipinski definition) is 5. The highest BCUT2D eigenvalue weighted by Gasteiger charge is 2.28. The number of carbonyl (C=O) groups excluding carboxylic acids is 1. The van der Waals surface area contributed by atoms with Crippen LogP contribution in [0.1, 0.15) is 386 Å². The molecule has 0 spiro atoms. The van der Waals surface area contributed by atoms with Gasteiger partial charge in [-0.1, -0.05) is 367 Å². The Morgan fingerprint density at radius 2 is 0.615 bits per heavy atom. The number of hydrogen-bond donors (Lipinski definition) is 3. The molecule has 3 N–H and O–H groups in total. The standard InChI is InChI=1S/C69H141N2O6P/c1-6-8-10-12-14-16-18-20-22-24-25-26-27-28-29-30-31-32-33-34-35-36-37-38-39-40-41-42-43-44-45-47-49-51-53-55-57-59-61-63-69(73)70-67(66-77-78(74,75)76-65-64-71(3,4)5)68(72)62-60-58-56-54-52-50-48-46-23-21-19-17-15-13-11-9-7-2/h67-68,72H,6-66H2,1-5H3,(H-,70,73,74,75)/p+1. The molecule has 9 heteroatoms. The van der Waals surface area contributed by atoms with Gasteiger partial charge in [-0.3, -0.25) is 13.8 Å². The molecule has 0 bridgehead atoms. The SMILES string of the molecule is CCCCCCCCCCCCCCCCCCCCCCCCCCCCCCCCCCCCCCCCCC(=O)NC(COP(=O)(O)OCC[N+](C)(C)C)C(O)CCCCCCCCCCCCCCCCCCC. The zero-order valence-corrected chi connectivity index (χ0v) is 54.6. The number of nitrogens with zero attached hydrogens (tertiary/aromatic N) is 1. The number of aliphatic hydroxyl groups excluding tert-OH is 1. The van der Waals surface area contributed by atoms with Crippen LogP contribution in [0.4, 0.5) is 0 Å².